The van der Waals surface area contributed by atoms with Crippen molar-refractivity contribution >= 4 is 5.91 Å². The van der Waals surface area contributed by atoms with Gasteiger partial charge in [0.2, 0.25) is 0 Å². The lowest BCUT2D eigenvalue weighted by Crippen LogP contribution is -2.48. The van der Waals surface area contributed by atoms with E-state index in [0.717, 1.165) is 11.1 Å². The monoisotopic (exact) mass is 333 g/mol. The van der Waals surface area contributed by atoms with E-state index in [0.29, 0.717) is 0 Å². The highest BCUT2D eigenvalue weighted by molar-refractivity contribution is 5.79. The van der Waals surface area contributed by atoms with E-state index in [9.17, 15) is 18.0 Å². The van der Waals surface area contributed by atoms with Crippen molar-refractivity contribution in [2.24, 2.45) is 0 Å². The predicted octanol–water partition coefficient (Wildman–Crippen LogP) is 4.56. The van der Waals surface area contributed by atoms with Gasteiger partial charge in [0.05, 0.1) is 12.8 Å². The number of aryl methyl sites for hydroxylation is 1. The average Bonchev–Trinajstić information content (AvgIpc) is 2.49. The largest absolute Gasteiger partial charge is 0.348 e. The number of hydrogen-bond acceptors (Lipinski definition) is 2. The number of carbonyl (C=O) groups excluding carboxylic acids is 1. The van der Waals surface area contributed by atoms with E-state index in [4.69, 9.17) is 4.74 Å². The van der Waals surface area contributed by atoms with E-state index in [1.807, 2.05) is 32.9 Å². The van der Waals surface area contributed by atoms with E-state index >= 15 is 0 Å². The topological polar surface area (TPSA) is 38.3 Å². The van der Waals surface area contributed by atoms with Crippen molar-refractivity contribution in [2.75, 3.05) is 6.67 Å². The smallest absolute Gasteiger partial charge is 0.315 e. The molecule has 0 saturated carbocycles. The molecule has 0 heterocycles. The maximum absolute atomic E-state index is 12.7. The molecule has 1 rings (SSSR count). The third-order valence-electron chi connectivity index (χ3n) is 2.88. The molecule has 1 aromatic carbocycles. The molecule has 0 fully saturated rings. The van der Waals surface area contributed by atoms with Crippen LogP contribution >= 0.6 is 0 Å². The summed E-state index contributed by atoms with van der Waals surface area (Å²) >= 11 is 0. The molecule has 132 valence electrons. The number of alkyl halides is 3. The number of halogens is 3. The molecule has 0 spiro atoms. The van der Waals surface area contributed by atoms with Gasteiger partial charge in [0.25, 0.3) is 5.91 Å². The fourth-order valence-corrected chi connectivity index (χ4v) is 1.91. The summed E-state index contributed by atoms with van der Waals surface area (Å²) in [5.74, 6) is -1.41. The molecule has 0 saturated heterocycles. The third-order valence-corrected chi connectivity index (χ3v) is 2.88. The van der Waals surface area contributed by atoms with E-state index < -0.39 is 30.8 Å². The summed E-state index contributed by atoms with van der Waals surface area (Å²) in [4.78, 5) is 11.1. The van der Waals surface area contributed by atoms with Gasteiger partial charge in [0.15, 0.2) is 0 Å². The van der Waals surface area contributed by atoms with E-state index in [2.05, 4.69) is 5.32 Å². The van der Waals surface area contributed by atoms with Crippen LogP contribution in [0.5, 0.6) is 0 Å². The Morgan fingerprint density at radius 3 is 2.17 bits per heavy atom. The zero-order chi connectivity index (χ0) is 18.0. The average molecular weight is 333 g/mol. The van der Waals surface area contributed by atoms with Crippen LogP contribution in [0.1, 0.15) is 51.3 Å². The molecular formula is C17H26F3NO2. The van der Waals surface area contributed by atoms with E-state index in [1.165, 1.54) is 13.8 Å². The van der Waals surface area contributed by atoms with Crippen LogP contribution in [-0.2, 0) is 9.53 Å². The number of rotatable bonds is 7. The van der Waals surface area contributed by atoms with Gasteiger partial charge in [0, 0.05) is 6.42 Å². The number of hydrogen-bond donors (Lipinski definition) is 1. The SMILES string of the molecule is CC.Cc1ccc([C@H](CCF)OC(C)(C)NC(=O)C(F)F)cc1. The van der Waals surface area contributed by atoms with Crippen LogP contribution in [-0.4, -0.2) is 24.7 Å². The van der Waals surface area contributed by atoms with Gasteiger partial charge in [-0.2, -0.15) is 8.78 Å². The highest BCUT2D eigenvalue weighted by Gasteiger charge is 2.29. The Labute approximate surface area is 136 Å². The van der Waals surface area contributed by atoms with Gasteiger partial charge in [0.1, 0.15) is 5.72 Å². The lowest BCUT2D eigenvalue weighted by atomic mass is 10.0. The van der Waals surface area contributed by atoms with Crippen LogP contribution in [0.3, 0.4) is 0 Å². The Hall–Kier alpha value is -1.56. The Kier molecular flexibility index (Phi) is 9.56. The lowest BCUT2D eigenvalue weighted by Gasteiger charge is -2.31. The van der Waals surface area contributed by atoms with E-state index in [1.54, 1.807) is 12.1 Å². The number of carbonyl (C=O) groups is 1. The lowest BCUT2D eigenvalue weighted by molar-refractivity contribution is -0.148. The molecule has 1 aromatic rings. The molecule has 0 bridgehead atoms. The van der Waals surface area contributed by atoms with Crippen LogP contribution in [0.25, 0.3) is 0 Å². The second-order valence-corrected chi connectivity index (χ2v) is 5.30. The normalized spacial score (nSPS) is 12.4. The maximum Gasteiger partial charge on any atom is 0.315 e. The van der Waals surface area contributed by atoms with Gasteiger partial charge in [-0.05, 0) is 26.3 Å². The Morgan fingerprint density at radius 1 is 1.22 bits per heavy atom. The van der Waals surface area contributed by atoms with Crippen molar-refractivity contribution in [3.63, 3.8) is 0 Å². The van der Waals surface area contributed by atoms with Gasteiger partial charge in [-0.25, -0.2) is 0 Å². The van der Waals surface area contributed by atoms with Crippen molar-refractivity contribution in [3.05, 3.63) is 35.4 Å². The van der Waals surface area contributed by atoms with Crippen LogP contribution in [0.2, 0.25) is 0 Å². The molecular weight excluding hydrogens is 307 g/mol. The molecule has 1 atom stereocenters. The van der Waals surface area contributed by atoms with Crippen molar-refractivity contribution < 1.29 is 22.7 Å². The first-order valence-electron chi connectivity index (χ1n) is 7.65. The Bertz CT molecular complexity index is 461. The molecule has 0 radical (unpaired) electrons. The number of ether oxygens (including phenoxy) is 1. The molecule has 0 aliphatic rings. The van der Waals surface area contributed by atoms with Gasteiger partial charge in [-0.1, -0.05) is 43.7 Å². The van der Waals surface area contributed by atoms with Gasteiger partial charge in [-0.3, -0.25) is 9.18 Å². The summed E-state index contributed by atoms with van der Waals surface area (Å²) in [5, 5.41) is 2.09. The third kappa shape index (κ3) is 8.02. The molecule has 0 aromatic heterocycles. The first-order valence-corrected chi connectivity index (χ1v) is 7.65. The second-order valence-electron chi connectivity index (χ2n) is 5.30. The van der Waals surface area contributed by atoms with Crippen LogP contribution in [0.15, 0.2) is 24.3 Å². The fraction of sp³-hybridized carbons (Fsp3) is 0.588. The predicted molar refractivity (Wildman–Crippen MR) is 85.2 cm³/mol. The summed E-state index contributed by atoms with van der Waals surface area (Å²) in [6, 6.07) is 7.30. The van der Waals surface area contributed by atoms with Crippen LogP contribution < -0.4 is 5.32 Å². The quantitative estimate of drug-likeness (QED) is 0.743. The second kappa shape index (κ2) is 10.3. The van der Waals surface area contributed by atoms with Gasteiger partial charge < -0.3 is 10.1 Å². The van der Waals surface area contributed by atoms with Crippen LogP contribution in [0.4, 0.5) is 13.2 Å². The first-order chi connectivity index (χ1) is 10.7. The van der Waals surface area contributed by atoms with Crippen molar-refractivity contribution in [1.82, 2.24) is 5.32 Å². The number of amides is 1. The van der Waals surface area contributed by atoms with Gasteiger partial charge >= 0.3 is 6.43 Å². The van der Waals surface area contributed by atoms with Crippen molar-refractivity contribution in [3.8, 4) is 0 Å². The Morgan fingerprint density at radius 2 is 1.74 bits per heavy atom. The first kappa shape index (κ1) is 21.4. The summed E-state index contributed by atoms with van der Waals surface area (Å²) in [5.41, 5.74) is 0.457. The molecule has 1 amide bonds. The molecule has 0 unspecified atom stereocenters. The number of nitrogens with one attached hydrogen (secondary N) is 1. The minimum atomic E-state index is -3.12. The van der Waals surface area contributed by atoms with E-state index in [-0.39, 0.29) is 6.42 Å². The zero-order valence-electron chi connectivity index (χ0n) is 14.3. The van der Waals surface area contributed by atoms with Crippen molar-refractivity contribution in [1.29, 1.82) is 0 Å². The Balaban J connectivity index is 0.00000232. The molecule has 6 heteroatoms. The molecule has 23 heavy (non-hydrogen) atoms. The molecule has 0 aliphatic heterocycles. The summed E-state index contributed by atoms with van der Waals surface area (Å²) < 4.78 is 42.9. The summed E-state index contributed by atoms with van der Waals surface area (Å²) in [6.45, 7) is 8.21. The number of benzene rings is 1. The highest BCUT2D eigenvalue weighted by Crippen LogP contribution is 2.26. The van der Waals surface area contributed by atoms with Crippen LogP contribution in [0, 0.1) is 6.92 Å². The molecule has 3 nitrogen and oxygen atoms in total. The molecule has 1 N–H and O–H groups in total. The van der Waals surface area contributed by atoms with Crippen molar-refractivity contribution in [2.45, 2.75) is 59.3 Å². The zero-order valence-corrected chi connectivity index (χ0v) is 14.3. The minimum Gasteiger partial charge on any atom is -0.348 e. The summed E-state index contributed by atoms with van der Waals surface area (Å²) in [6.07, 6.45) is -3.66. The fourth-order valence-electron chi connectivity index (χ4n) is 1.91. The van der Waals surface area contributed by atoms with Gasteiger partial charge in [-0.15, -0.1) is 0 Å². The maximum atomic E-state index is 12.7. The molecule has 0 aliphatic carbocycles. The highest BCUT2D eigenvalue weighted by atomic mass is 19.3. The standard InChI is InChI=1S/C15H20F3NO2.C2H6/c1-10-4-6-11(7-5-10)12(8-9-16)21-15(2,3)19-14(20)13(17)18;1-2/h4-7,12-13H,8-9H2,1-3H3,(H,19,20);1-2H3/t12-;/m0./s1. The minimum absolute atomic E-state index is 0.0804. The summed E-state index contributed by atoms with van der Waals surface area (Å²) in [7, 11) is 0.